The van der Waals surface area contributed by atoms with Crippen molar-refractivity contribution in [3.63, 3.8) is 0 Å². The topological polar surface area (TPSA) is 93.2 Å². The van der Waals surface area contributed by atoms with Gasteiger partial charge in [0.2, 0.25) is 20.0 Å². The van der Waals surface area contributed by atoms with Crippen LogP contribution in [0.2, 0.25) is 0 Å². The molecular weight excluding hydrogens is 440 g/mol. The summed E-state index contributed by atoms with van der Waals surface area (Å²) in [5.74, 6) is 1.20. The van der Waals surface area contributed by atoms with Crippen LogP contribution in [-0.4, -0.2) is 65.8 Å². The van der Waals surface area contributed by atoms with Crippen molar-refractivity contribution in [2.75, 3.05) is 40.4 Å². The fraction of sp³-hybridized carbons (Fsp3) is 0.429. The summed E-state index contributed by atoms with van der Waals surface area (Å²) in [4.78, 5) is 0.476. The van der Waals surface area contributed by atoms with E-state index in [9.17, 15) is 16.8 Å². The van der Waals surface area contributed by atoms with E-state index in [4.69, 9.17) is 9.47 Å². The van der Waals surface area contributed by atoms with Crippen LogP contribution in [0, 0.1) is 5.41 Å². The molecular formula is C21H26N2O6S2. The van der Waals surface area contributed by atoms with Crippen LogP contribution in [0.5, 0.6) is 11.5 Å². The van der Waals surface area contributed by atoms with Gasteiger partial charge in [-0.25, -0.2) is 16.8 Å². The lowest BCUT2D eigenvalue weighted by molar-refractivity contribution is 0.0197. The minimum Gasteiger partial charge on any atom is -0.497 e. The highest BCUT2D eigenvalue weighted by atomic mass is 32.2. The summed E-state index contributed by atoms with van der Waals surface area (Å²) in [7, 11) is -4.08. The molecule has 31 heavy (non-hydrogen) atoms. The van der Waals surface area contributed by atoms with Gasteiger partial charge in [0.15, 0.2) is 0 Å². The normalized spacial score (nSPS) is 19.7. The second-order valence-corrected chi connectivity index (χ2v) is 11.9. The molecule has 0 aliphatic carbocycles. The zero-order valence-corrected chi connectivity index (χ0v) is 19.2. The molecule has 0 atom stereocenters. The van der Waals surface area contributed by atoms with E-state index in [0.29, 0.717) is 50.5 Å². The van der Waals surface area contributed by atoms with E-state index < -0.39 is 20.0 Å². The molecule has 2 aromatic rings. The van der Waals surface area contributed by atoms with E-state index in [0.717, 1.165) is 0 Å². The molecule has 2 fully saturated rings. The van der Waals surface area contributed by atoms with Gasteiger partial charge >= 0.3 is 0 Å². The van der Waals surface area contributed by atoms with Crippen LogP contribution in [0.15, 0.2) is 58.3 Å². The molecule has 10 heteroatoms. The Balaban J connectivity index is 1.39. The molecule has 2 aliphatic heterocycles. The van der Waals surface area contributed by atoms with Crippen LogP contribution < -0.4 is 9.47 Å². The van der Waals surface area contributed by atoms with Crippen molar-refractivity contribution in [2.45, 2.75) is 22.6 Å². The second-order valence-electron chi connectivity index (χ2n) is 8.03. The van der Waals surface area contributed by atoms with Crippen molar-refractivity contribution in [1.82, 2.24) is 8.61 Å². The number of methoxy groups -OCH3 is 2. The predicted molar refractivity (Wildman–Crippen MR) is 115 cm³/mol. The molecule has 2 saturated heterocycles. The lowest BCUT2D eigenvalue weighted by Gasteiger charge is -2.52. The minimum atomic E-state index is -3.58. The molecule has 2 heterocycles. The summed E-state index contributed by atoms with van der Waals surface area (Å²) in [5, 5.41) is 0. The van der Waals surface area contributed by atoms with Crippen LogP contribution in [0.1, 0.15) is 12.8 Å². The van der Waals surface area contributed by atoms with E-state index >= 15 is 0 Å². The first-order valence-corrected chi connectivity index (χ1v) is 12.9. The summed E-state index contributed by atoms with van der Waals surface area (Å²) in [6.07, 6.45) is 1.27. The molecule has 2 aliphatic rings. The highest BCUT2D eigenvalue weighted by molar-refractivity contribution is 7.89. The van der Waals surface area contributed by atoms with Crippen molar-refractivity contribution >= 4 is 20.0 Å². The largest absolute Gasteiger partial charge is 0.497 e. The molecule has 8 nitrogen and oxygen atoms in total. The highest BCUT2D eigenvalue weighted by Crippen LogP contribution is 2.43. The number of benzene rings is 2. The van der Waals surface area contributed by atoms with E-state index in [1.807, 2.05) is 0 Å². The molecule has 4 rings (SSSR count). The lowest BCUT2D eigenvalue weighted by Crippen LogP contribution is -2.62. The second kappa shape index (κ2) is 8.09. The van der Waals surface area contributed by atoms with Crippen LogP contribution in [0.3, 0.4) is 0 Å². The zero-order valence-electron chi connectivity index (χ0n) is 17.5. The summed E-state index contributed by atoms with van der Waals surface area (Å²) in [6, 6.07) is 12.7. The molecule has 0 saturated carbocycles. The summed E-state index contributed by atoms with van der Waals surface area (Å²) in [5.41, 5.74) is -0.161. The van der Waals surface area contributed by atoms with Gasteiger partial charge in [0.05, 0.1) is 24.0 Å². The third kappa shape index (κ3) is 4.05. The Bertz CT molecular complexity index is 1130. The summed E-state index contributed by atoms with van der Waals surface area (Å²) in [6.45, 7) is 1.59. The van der Waals surface area contributed by atoms with Crippen molar-refractivity contribution in [1.29, 1.82) is 0 Å². The Morgan fingerprint density at radius 1 is 0.677 bits per heavy atom. The third-order valence-corrected chi connectivity index (χ3v) is 9.92. The van der Waals surface area contributed by atoms with Gasteiger partial charge in [-0.2, -0.15) is 8.61 Å². The van der Waals surface area contributed by atoms with Gasteiger partial charge in [0.25, 0.3) is 0 Å². The lowest BCUT2D eigenvalue weighted by atomic mass is 9.74. The first-order valence-electron chi connectivity index (χ1n) is 9.99. The van der Waals surface area contributed by atoms with Crippen molar-refractivity contribution in [3.05, 3.63) is 48.5 Å². The zero-order chi connectivity index (χ0) is 22.3. The molecule has 0 N–H and O–H groups in total. The molecule has 0 aromatic heterocycles. The smallest absolute Gasteiger partial charge is 0.243 e. The first-order chi connectivity index (χ1) is 14.7. The van der Waals surface area contributed by atoms with Crippen LogP contribution in [0.25, 0.3) is 0 Å². The van der Waals surface area contributed by atoms with E-state index in [1.165, 1.54) is 22.8 Å². The number of sulfonamides is 2. The van der Waals surface area contributed by atoms with E-state index in [1.54, 1.807) is 48.5 Å². The van der Waals surface area contributed by atoms with Gasteiger partial charge in [-0.05, 0) is 61.4 Å². The Morgan fingerprint density at radius 3 is 1.45 bits per heavy atom. The fourth-order valence-electron chi connectivity index (χ4n) is 4.18. The van der Waals surface area contributed by atoms with Crippen LogP contribution in [0.4, 0.5) is 0 Å². The molecule has 0 amide bonds. The maximum atomic E-state index is 12.9. The average molecular weight is 467 g/mol. The van der Waals surface area contributed by atoms with Gasteiger partial charge in [-0.15, -0.1) is 0 Å². The monoisotopic (exact) mass is 466 g/mol. The van der Waals surface area contributed by atoms with Crippen LogP contribution in [-0.2, 0) is 20.0 Å². The minimum absolute atomic E-state index is 0.161. The number of piperidine rings is 1. The predicted octanol–water partition coefficient (Wildman–Crippen LogP) is 2.18. The third-order valence-electron chi connectivity index (χ3n) is 6.20. The van der Waals surface area contributed by atoms with Crippen molar-refractivity contribution < 1.29 is 26.3 Å². The molecule has 0 unspecified atom stereocenters. The maximum Gasteiger partial charge on any atom is 0.243 e. The maximum absolute atomic E-state index is 12.9. The number of hydrogen-bond donors (Lipinski definition) is 0. The van der Waals surface area contributed by atoms with Gasteiger partial charge < -0.3 is 9.47 Å². The molecule has 2 aromatic carbocycles. The summed E-state index contributed by atoms with van der Waals surface area (Å²) < 4.78 is 64.7. The van der Waals surface area contributed by atoms with E-state index in [-0.39, 0.29) is 15.2 Å². The molecule has 1 spiro atoms. The Morgan fingerprint density at radius 2 is 1.06 bits per heavy atom. The van der Waals surface area contributed by atoms with Crippen molar-refractivity contribution in [3.8, 4) is 11.5 Å². The number of rotatable bonds is 6. The Kier molecular flexibility index (Phi) is 5.76. The van der Waals surface area contributed by atoms with Gasteiger partial charge in [-0.1, -0.05) is 0 Å². The van der Waals surface area contributed by atoms with Crippen LogP contribution >= 0.6 is 0 Å². The van der Waals surface area contributed by atoms with Crippen molar-refractivity contribution in [2.24, 2.45) is 5.41 Å². The average Bonchev–Trinajstić information content (AvgIpc) is 2.77. The Hall–Kier alpha value is -2.14. The standard InChI is InChI=1S/C21H26N2O6S2/c1-28-17-3-7-19(8-4-17)30(24,25)22-13-11-21(12-14-22)15-23(16-21)31(26,27)20-9-5-18(29-2)6-10-20/h3-10H,11-16H2,1-2H3. The first kappa shape index (κ1) is 22.1. The number of ether oxygens (including phenoxy) is 2. The van der Waals surface area contributed by atoms with E-state index in [2.05, 4.69) is 0 Å². The molecule has 0 bridgehead atoms. The molecule has 0 radical (unpaired) electrons. The Labute approximate surface area is 183 Å². The highest BCUT2D eigenvalue weighted by Gasteiger charge is 2.50. The van der Waals surface area contributed by atoms with Gasteiger partial charge in [0, 0.05) is 31.6 Å². The quantitative estimate of drug-likeness (QED) is 0.648. The summed E-state index contributed by atoms with van der Waals surface area (Å²) >= 11 is 0. The van der Waals surface area contributed by atoms with Gasteiger partial charge in [-0.3, -0.25) is 0 Å². The number of nitrogens with zero attached hydrogens (tertiary/aromatic N) is 2. The molecule has 168 valence electrons. The SMILES string of the molecule is COc1ccc(S(=O)(=O)N2CCC3(CC2)CN(S(=O)(=O)c2ccc(OC)cc2)C3)cc1. The van der Waals surface area contributed by atoms with Gasteiger partial charge in [0.1, 0.15) is 11.5 Å². The number of hydrogen-bond acceptors (Lipinski definition) is 6. The fourth-order valence-corrected chi connectivity index (χ4v) is 7.29.